The maximum atomic E-state index is 12.1. The standard InChI is InChI=1S/C18H32O2/c1-3-7-14-10-12-18(13-11-14,17(19)20)16-9-6-5-8-15(16)4-2/h14-16H,3-13H2,1-2H3,(H,19,20). The summed E-state index contributed by atoms with van der Waals surface area (Å²) in [6.07, 6.45) is 12.8. The molecule has 0 spiro atoms. The molecule has 2 saturated carbocycles. The van der Waals surface area contributed by atoms with E-state index in [4.69, 9.17) is 0 Å². The van der Waals surface area contributed by atoms with E-state index in [-0.39, 0.29) is 5.41 Å². The topological polar surface area (TPSA) is 37.3 Å². The summed E-state index contributed by atoms with van der Waals surface area (Å²) in [5.74, 6) is 1.40. The van der Waals surface area contributed by atoms with E-state index in [2.05, 4.69) is 13.8 Å². The molecular weight excluding hydrogens is 248 g/mol. The molecule has 1 N–H and O–H groups in total. The highest BCUT2D eigenvalue weighted by atomic mass is 16.4. The molecule has 0 aromatic carbocycles. The molecule has 0 radical (unpaired) electrons. The van der Waals surface area contributed by atoms with E-state index >= 15 is 0 Å². The molecule has 20 heavy (non-hydrogen) atoms. The van der Waals surface area contributed by atoms with Gasteiger partial charge in [-0.25, -0.2) is 0 Å². The zero-order chi connectivity index (χ0) is 14.6. The van der Waals surface area contributed by atoms with Crippen LogP contribution in [0, 0.1) is 23.2 Å². The maximum Gasteiger partial charge on any atom is 0.309 e. The highest BCUT2D eigenvalue weighted by Crippen LogP contribution is 2.52. The second kappa shape index (κ2) is 6.95. The van der Waals surface area contributed by atoms with Crippen molar-refractivity contribution in [3.05, 3.63) is 0 Å². The zero-order valence-corrected chi connectivity index (χ0v) is 13.4. The minimum atomic E-state index is -0.488. The first-order chi connectivity index (χ1) is 9.64. The van der Waals surface area contributed by atoms with Crippen LogP contribution in [-0.2, 0) is 4.79 Å². The van der Waals surface area contributed by atoms with Crippen molar-refractivity contribution >= 4 is 5.97 Å². The maximum absolute atomic E-state index is 12.1. The summed E-state index contributed by atoms with van der Waals surface area (Å²) >= 11 is 0. The average molecular weight is 280 g/mol. The first-order valence-corrected chi connectivity index (χ1v) is 8.87. The SMILES string of the molecule is CCCC1CCC(C(=O)O)(C2CCCCC2CC)CC1. The lowest BCUT2D eigenvalue weighted by Crippen LogP contribution is -2.46. The summed E-state index contributed by atoms with van der Waals surface area (Å²) in [6.45, 7) is 4.49. The summed E-state index contributed by atoms with van der Waals surface area (Å²) in [5, 5.41) is 9.97. The highest BCUT2D eigenvalue weighted by Gasteiger charge is 2.50. The fourth-order valence-electron chi connectivity index (χ4n) is 5.06. The quantitative estimate of drug-likeness (QED) is 0.745. The zero-order valence-electron chi connectivity index (χ0n) is 13.4. The van der Waals surface area contributed by atoms with Gasteiger partial charge in [-0.1, -0.05) is 52.4 Å². The minimum absolute atomic E-state index is 0.384. The molecule has 2 fully saturated rings. The van der Waals surface area contributed by atoms with Crippen molar-refractivity contribution < 1.29 is 9.90 Å². The van der Waals surface area contributed by atoms with Gasteiger partial charge in [-0.05, 0) is 49.9 Å². The van der Waals surface area contributed by atoms with Gasteiger partial charge in [-0.2, -0.15) is 0 Å². The third kappa shape index (κ3) is 3.04. The van der Waals surface area contributed by atoms with Gasteiger partial charge in [0.2, 0.25) is 0 Å². The molecule has 2 unspecified atom stereocenters. The Bertz CT molecular complexity index is 315. The van der Waals surface area contributed by atoms with E-state index in [1.54, 1.807) is 0 Å². The van der Waals surface area contributed by atoms with Gasteiger partial charge in [0, 0.05) is 0 Å². The average Bonchev–Trinajstić information content (AvgIpc) is 2.48. The first kappa shape index (κ1) is 15.9. The number of carboxylic acids is 1. The van der Waals surface area contributed by atoms with Crippen LogP contribution < -0.4 is 0 Å². The van der Waals surface area contributed by atoms with Gasteiger partial charge >= 0.3 is 5.97 Å². The van der Waals surface area contributed by atoms with Gasteiger partial charge in [0.05, 0.1) is 5.41 Å². The summed E-state index contributed by atoms with van der Waals surface area (Å²) in [4.78, 5) is 12.1. The van der Waals surface area contributed by atoms with Crippen molar-refractivity contribution in [1.82, 2.24) is 0 Å². The largest absolute Gasteiger partial charge is 0.481 e. The van der Waals surface area contributed by atoms with E-state index < -0.39 is 5.97 Å². The van der Waals surface area contributed by atoms with Gasteiger partial charge in [0.1, 0.15) is 0 Å². The van der Waals surface area contributed by atoms with Crippen LogP contribution in [0.2, 0.25) is 0 Å². The lowest BCUT2D eigenvalue weighted by molar-refractivity contribution is -0.159. The molecule has 2 atom stereocenters. The van der Waals surface area contributed by atoms with E-state index in [0.29, 0.717) is 11.8 Å². The molecule has 0 amide bonds. The van der Waals surface area contributed by atoms with Crippen LogP contribution in [0.1, 0.15) is 84.5 Å². The molecule has 0 heterocycles. The van der Waals surface area contributed by atoms with Crippen LogP contribution >= 0.6 is 0 Å². The summed E-state index contributed by atoms with van der Waals surface area (Å²) < 4.78 is 0. The van der Waals surface area contributed by atoms with E-state index in [1.807, 2.05) is 0 Å². The first-order valence-electron chi connectivity index (χ1n) is 8.87. The van der Waals surface area contributed by atoms with Crippen molar-refractivity contribution in [1.29, 1.82) is 0 Å². The third-order valence-electron chi connectivity index (χ3n) is 6.26. The Morgan fingerprint density at radius 1 is 1.10 bits per heavy atom. The molecule has 2 aliphatic rings. The van der Waals surface area contributed by atoms with E-state index in [1.165, 1.54) is 32.1 Å². The smallest absolute Gasteiger partial charge is 0.309 e. The van der Waals surface area contributed by atoms with E-state index in [9.17, 15) is 9.90 Å². The molecule has 2 rings (SSSR count). The number of hydrogen-bond donors (Lipinski definition) is 1. The Labute approximate surface area is 124 Å². The molecule has 2 heteroatoms. The Hall–Kier alpha value is -0.530. The van der Waals surface area contributed by atoms with Gasteiger partial charge < -0.3 is 5.11 Å². The Balaban J connectivity index is 2.12. The summed E-state index contributed by atoms with van der Waals surface area (Å²) in [7, 11) is 0. The molecular formula is C18H32O2. The van der Waals surface area contributed by atoms with Crippen molar-refractivity contribution in [3.63, 3.8) is 0 Å². The Morgan fingerprint density at radius 2 is 1.75 bits per heavy atom. The highest BCUT2D eigenvalue weighted by molar-refractivity contribution is 5.75. The number of carbonyl (C=O) groups is 1. The molecule has 0 bridgehead atoms. The molecule has 0 aromatic heterocycles. The lowest BCUT2D eigenvalue weighted by atomic mass is 9.56. The van der Waals surface area contributed by atoms with Crippen LogP contribution in [0.15, 0.2) is 0 Å². The Kier molecular flexibility index (Phi) is 5.51. The van der Waals surface area contributed by atoms with Crippen molar-refractivity contribution in [2.75, 3.05) is 0 Å². The summed E-state index contributed by atoms with van der Waals surface area (Å²) in [6, 6.07) is 0. The normalized spacial score (nSPS) is 38.6. The molecule has 0 aromatic rings. The van der Waals surface area contributed by atoms with Crippen LogP contribution in [0.3, 0.4) is 0 Å². The van der Waals surface area contributed by atoms with Gasteiger partial charge in [0.15, 0.2) is 0 Å². The Morgan fingerprint density at radius 3 is 2.30 bits per heavy atom. The predicted octanol–water partition coefficient (Wildman–Crippen LogP) is 5.26. The fourth-order valence-corrected chi connectivity index (χ4v) is 5.06. The summed E-state index contributed by atoms with van der Waals surface area (Å²) in [5.41, 5.74) is -0.384. The second-order valence-electron chi connectivity index (χ2n) is 7.25. The molecule has 0 saturated heterocycles. The van der Waals surface area contributed by atoms with Gasteiger partial charge in [0.25, 0.3) is 0 Å². The van der Waals surface area contributed by atoms with Gasteiger partial charge in [-0.15, -0.1) is 0 Å². The van der Waals surface area contributed by atoms with Crippen LogP contribution in [0.4, 0.5) is 0 Å². The number of aliphatic carboxylic acids is 1. The van der Waals surface area contributed by atoms with Crippen LogP contribution in [-0.4, -0.2) is 11.1 Å². The third-order valence-corrected chi connectivity index (χ3v) is 6.26. The molecule has 116 valence electrons. The van der Waals surface area contributed by atoms with E-state index in [0.717, 1.165) is 44.4 Å². The van der Waals surface area contributed by atoms with Gasteiger partial charge in [-0.3, -0.25) is 4.79 Å². The van der Waals surface area contributed by atoms with Crippen LogP contribution in [0.5, 0.6) is 0 Å². The number of hydrogen-bond acceptors (Lipinski definition) is 1. The number of carboxylic acid groups (broad SMARTS) is 1. The molecule has 2 aliphatic carbocycles. The van der Waals surface area contributed by atoms with Crippen molar-refractivity contribution in [2.24, 2.45) is 23.2 Å². The van der Waals surface area contributed by atoms with Crippen molar-refractivity contribution in [2.45, 2.75) is 84.5 Å². The number of rotatable bonds is 5. The van der Waals surface area contributed by atoms with Crippen molar-refractivity contribution in [3.8, 4) is 0 Å². The second-order valence-corrected chi connectivity index (χ2v) is 7.25. The molecule has 2 nitrogen and oxygen atoms in total. The fraction of sp³-hybridized carbons (Fsp3) is 0.944. The monoisotopic (exact) mass is 280 g/mol. The minimum Gasteiger partial charge on any atom is -0.481 e. The predicted molar refractivity (Wildman–Crippen MR) is 82.7 cm³/mol. The lowest BCUT2D eigenvalue weighted by Gasteiger charge is -2.47. The van der Waals surface area contributed by atoms with Crippen LogP contribution in [0.25, 0.3) is 0 Å². The molecule has 0 aliphatic heterocycles.